The van der Waals surface area contributed by atoms with Crippen LogP contribution in [0.2, 0.25) is 0 Å². The van der Waals surface area contributed by atoms with E-state index >= 15 is 0 Å². The number of hydrogen-bond acceptors (Lipinski definition) is 4. The van der Waals surface area contributed by atoms with Crippen LogP contribution in [0.1, 0.15) is 64.4 Å². The van der Waals surface area contributed by atoms with Gasteiger partial charge in [-0.2, -0.15) is 0 Å². The van der Waals surface area contributed by atoms with Crippen molar-refractivity contribution in [2.24, 2.45) is 5.92 Å². The number of aromatic nitrogens is 2. The van der Waals surface area contributed by atoms with Gasteiger partial charge in [-0.3, -0.25) is 0 Å². The lowest BCUT2D eigenvalue weighted by Gasteiger charge is -2.18. The third kappa shape index (κ3) is 3.84. The van der Waals surface area contributed by atoms with Crippen molar-refractivity contribution in [2.75, 3.05) is 18.5 Å². The second kappa shape index (κ2) is 7.46. The molecule has 0 spiro atoms. The highest BCUT2D eigenvalue weighted by molar-refractivity contribution is 5.50. The molecule has 0 unspecified atom stereocenters. The van der Waals surface area contributed by atoms with Gasteiger partial charge in [0.1, 0.15) is 12.1 Å². The second-order valence-corrected chi connectivity index (χ2v) is 5.98. The van der Waals surface area contributed by atoms with Gasteiger partial charge in [0.25, 0.3) is 0 Å². The van der Waals surface area contributed by atoms with E-state index in [1.54, 1.807) is 6.33 Å². The molecule has 0 bridgehead atoms. The van der Waals surface area contributed by atoms with Crippen LogP contribution in [0, 0.1) is 5.92 Å². The number of nitrogens with one attached hydrogen (secondary N) is 1. The third-order valence-corrected chi connectivity index (χ3v) is 3.90. The Hall–Kier alpha value is -1.32. The maximum absolute atomic E-state index is 6.01. The largest absolute Gasteiger partial charge is 0.477 e. The molecule has 1 heterocycles. The maximum Gasteiger partial charge on any atom is 0.222 e. The quantitative estimate of drug-likeness (QED) is 0.818. The van der Waals surface area contributed by atoms with Gasteiger partial charge in [-0.15, -0.1) is 0 Å². The van der Waals surface area contributed by atoms with Crippen LogP contribution in [0.3, 0.4) is 0 Å². The average molecular weight is 277 g/mol. The van der Waals surface area contributed by atoms with Crippen LogP contribution in [0.4, 0.5) is 5.82 Å². The first-order valence-electron chi connectivity index (χ1n) is 7.94. The van der Waals surface area contributed by atoms with Crippen molar-refractivity contribution in [3.8, 4) is 5.88 Å². The fourth-order valence-corrected chi connectivity index (χ4v) is 2.77. The highest BCUT2D eigenvalue weighted by atomic mass is 16.5. The molecular formula is C16H27N3O. The molecule has 0 radical (unpaired) electrons. The lowest BCUT2D eigenvalue weighted by Crippen LogP contribution is -2.13. The lowest BCUT2D eigenvalue weighted by molar-refractivity contribution is 0.240. The molecule has 1 fully saturated rings. The standard InChI is InChI=1S/C16H27N3O/c1-4-9-17-15-14(12(2)3)16(19-11-18-15)20-10-13-7-5-6-8-13/h11-13H,4-10H2,1-3H3,(H,17,18,19). The van der Waals surface area contributed by atoms with Gasteiger partial charge in [-0.1, -0.05) is 33.6 Å². The normalized spacial score (nSPS) is 15.8. The fourth-order valence-electron chi connectivity index (χ4n) is 2.77. The third-order valence-electron chi connectivity index (χ3n) is 3.90. The summed E-state index contributed by atoms with van der Waals surface area (Å²) in [6.45, 7) is 8.21. The molecule has 0 amide bonds. The van der Waals surface area contributed by atoms with Gasteiger partial charge in [0.15, 0.2) is 0 Å². The first-order chi connectivity index (χ1) is 9.72. The zero-order chi connectivity index (χ0) is 14.4. The van der Waals surface area contributed by atoms with Gasteiger partial charge in [0, 0.05) is 6.54 Å². The zero-order valence-corrected chi connectivity index (χ0v) is 13.0. The average Bonchev–Trinajstić information content (AvgIpc) is 2.95. The number of rotatable bonds is 7. The van der Waals surface area contributed by atoms with Crippen molar-refractivity contribution in [3.05, 3.63) is 11.9 Å². The van der Waals surface area contributed by atoms with E-state index in [-0.39, 0.29) is 0 Å². The number of hydrogen-bond donors (Lipinski definition) is 1. The van der Waals surface area contributed by atoms with Crippen LogP contribution < -0.4 is 10.1 Å². The molecule has 2 rings (SSSR count). The Kier molecular flexibility index (Phi) is 5.62. The molecule has 4 heteroatoms. The van der Waals surface area contributed by atoms with E-state index in [1.165, 1.54) is 25.7 Å². The molecule has 1 saturated carbocycles. The molecule has 1 aliphatic carbocycles. The van der Waals surface area contributed by atoms with E-state index in [1.807, 2.05) is 0 Å². The van der Waals surface area contributed by atoms with E-state index in [0.717, 1.165) is 36.8 Å². The van der Waals surface area contributed by atoms with Crippen LogP contribution in [0.15, 0.2) is 6.33 Å². The Labute approximate surface area is 122 Å². The first kappa shape index (κ1) is 15.1. The number of anilines is 1. The molecule has 4 nitrogen and oxygen atoms in total. The summed E-state index contributed by atoms with van der Waals surface area (Å²) in [7, 11) is 0. The Balaban J connectivity index is 2.09. The summed E-state index contributed by atoms with van der Waals surface area (Å²) >= 11 is 0. The molecule has 0 saturated heterocycles. The van der Waals surface area contributed by atoms with Crippen LogP contribution >= 0.6 is 0 Å². The first-order valence-corrected chi connectivity index (χ1v) is 7.94. The van der Waals surface area contributed by atoms with E-state index < -0.39 is 0 Å². The van der Waals surface area contributed by atoms with Gasteiger partial charge in [-0.05, 0) is 31.1 Å². The Morgan fingerprint density at radius 2 is 2.05 bits per heavy atom. The van der Waals surface area contributed by atoms with E-state index in [9.17, 15) is 0 Å². The zero-order valence-electron chi connectivity index (χ0n) is 13.0. The summed E-state index contributed by atoms with van der Waals surface area (Å²) < 4.78 is 6.01. The van der Waals surface area contributed by atoms with E-state index in [0.29, 0.717) is 11.8 Å². The molecule has 0 aromatic carbocycles. The molecule has 20 heavy (non-hydrogen) atoms. The highest BCUT2D eigenvalue weighted by Crippen LogP contribution is 2.31. The molecule has 112 valence electrons. The van der Waals surface area contributed by atoms with E-state index in [4.69, 9.17) is 4.74 Å². The van der Waals surface area contributed by atoms with Gasteiger partial charge >= 0.3 is 0 Å². The molecular weight excluding hydrogens is 250 g/mol. The predicted molar refractivity (Wildman–Crippen MR) is 82.4 cm³/mol. The summed E-state index contributed by atoms with van der Waals surface area (Å²) in [5.41, 5.74) is 1.11. The molecule has 0 atom stereocenters. The van der Waals surface area contributed by atoms with Gasteiger partial charge < -0.3 is 10.1 Å². The SMILES string of the molecule is CCCNc1ncnc(OCC2CCCC2)c1C(C)C. The maximum atomic E-state index is 6.01. The number of ether oxygens (including phenoxy) is 1. The summed E-state index contributed by atoms with van der Waals surface area (Å²) in [6.07, 6.45) is 7.97. The van der Waals surface area contributed by atoms with Crippen LogP contribution in [-0.4, -0.2) is 23.1 Å². The van der Waals surface area contributed by atoms with E-state index in [2.05, 4.69) is 36.1 Å². The van der Waals surface area contributed by atoms with Crippen molar-refractivity contribution in [1.82, 2.24) is 9.97 Å². The van der Waals surface area contributed by atoms with Crippen LogP contribution in [0.25, 0.3) is 0 Å². The van der Waals surface area contributed by atoms with Crippen molar-refractivity contribution >= 4 is 5.82 Å². The van der Waals surface area contributed by atoms with Crippen molar-refractivity contribution in [3.63, 3.8) is 0 Å². The summed E-state index contributed by atoms with van der Waals surface area (Å²) in [5, 5.41) is 3.38. The second-order valence-electron chi connectivity index (χ2n) is 5.98. The summed E-state index contributed by atoms with van der Waals surface area (Å²) in [5.74, 6) is 2.75. The Morgan fingerprint density at radius 3 is 2.70 bits per heavy atom. The topological polar surface area (TPSA) is 47.0 Å². The minimum absolute atomic E-state index is 0.356. The molecule has 1 N–H and O–H groups in total. The molecule has 0 aliphatic heterocycles. The highest BCUT2D eigenvalue weighted by Gasteiger charge is 2.19. The molecule has 1 aromatic rings. The van der Waals surface area contributed by atoms with Gasteiger partial charge in [0.05, 0.1) is 12.2 Å². The fraction of sp³-hybridized carbons (Fsp3) is 0.750. The molecule has 1 aliphatic rings. The van der Waals surface area contributed by atoms with Crippen LogP contribution in [-0.2, 0) is 0 Å². The Morgan fingerprint density at radius 1 is 1.30 bits per heavy atom. The van der Waals surface area contributed by atoms with Gasteiger partial charge in [-0.25, -0.2) is 9.97 Å². The summed E-state index contributed by atoms with van der Waals surface area (Å²) in [4.78, 5) is 8.73. The van der Waals surface area contributed by atoms with Crippen molar-refractivity contribution in [2.45, 2.75) is 58.8 Å². The van der Waals surface area contributed by atoms with Gasteiger partial charge in [0.2, 0.25) is 5.88 Å². The minimum Gasteiger partial charge on any atom is -0.477 e. The van der Waals surface area contributed by atoms with Crippen molar-refractivity contribution < 1.29 is 4.74 Å². The smallest absolute Gasteiger partial charge is 0.222 e. The monoisotopic (exact) mass is 277 g/mol. The van der Waals surface area contributed by atoms with Crippen molar-refractivity contribution in [1.29, 1.82) is 0 Å². The molecule has 1 aromatic heterocycles. The predicted octanol–water partition coefficient (Wildman–Crippen LogP) is 3.99. The summed E-state index contributed by atoms with van der Waals surface area (Å²) in [6, 6.07) is 0. The minimum atomic E-state index is 0.356. The lowest BCUT2D eigenvalue weighted by atomic mass is 10.1. The Bertz CT molecular complexity index is 414. The van der Waals surface area contributed by atoms with Crippen LogP contribution in [0.5, 0.6) is 5.88 Å². The number of nitrogens with zero attached hydrogens (tertiary/aromatic N) is 2.